The molecule has 4 aliphatic carbocycles. The fraction of sp³-hybridized carbons (Fsp3) is 0.857. The maximum atomic E-state index is 12.7. The van der Waals surface area contributed by atoms with E-state index in [1.54, 1.807) is 7.11 Å². The number of rotatable bonds is 1. The van der Waals surface area contributed by atoms with Crippen molar-refractivity contribution in [2.45, 2.75) is 64.4 Å². The summed E-state index contributed by atoms with van der Waals surface area (Å²) in [6.07, 6.45) is 13.3. The van der Waals surface area contributed by atoms with Crippen molar-refractivity contribution >= 4 is 5.97 Å². The molecular weight excluding hydrogens is 300 g/mol. The number of carbonyl (C=O) groups excluding carboxylic acids is 1. The van der Waals surface area contributed by atoms with E-state index >= 15 is 0 Å². The molecule has 3 nitrogen and oxygen atoms in total. The van der Waals surface area contributed by atoms with Crippen LogP contribution in [0.1, 0.15) is 58.8 Å². The summed E-state index contributed by atoms with van der Waals surface area (Å²) in [4.78, 5) is 12.7. The van der Waals surface area contributed by atoms with Gasteiger partial charge in [-0.25, -0.2) is 0 Å². The van der Waals surface area contributed by atoms with Gasteiger partial charge in [0.25, 0.3) is 0 Å². The fourth-order valence-electron chi connectivity index (χ4n) is 7.87. The standard InChI is InChI=1S/C21H30O3/c1-18-8-4-9-19(2,17(22)23-3)14(18)5-10-20-11-6-16(20)21(13-24-21)12-7-15(18)20/h6,11,14-16H,4-5,7-10,12-13H2,1-3H3/t14-,15-,16+,18+,19+,20+,21+/m1/s1. The summed E-state index contributed by atoms with van der Waals surface area (Å²) in [5.74, 6) is 1.82. The van der Waals surface area contributed by atoms with Crippen molar-refractivity contribution in [1.29, 1.82) is 0 Å². The molecule has 3 heteroatoms. The lowest BCUT2D eigenvalue weighted by atomic mass is 9.36. The number of esters is 1. The van der Waals surface area contributed by atoms with E-state index in [1.807, 2.05) is 0 Å². The van der Waals surface area contributed by atoms with Crippen LogP contribution in [-0.2, 0) is 14.3 Å². The summed E-state index contributed by atoms with van der Waals surface area (Å²) in [6, 6.07) is 0. The van der Waals surface area contributed by atoms with Crippen molar-refractivity contribution in [3.63, 3.8) is 0 Å². The van der Waals surface area contributed by atoms with Gasteiger partial charge >= 0.3 is 5.97 Å². The molecule has 1 aliphatic heterocycles. The number of fused-ring (bicyclic) bond motifs is 3. The number of allylic oxidation sites excluding steroid dienone is 1. The van der Waals surface area contributed by atoms with Crippen molar-refractivity contribution in [2.24, 2.45) is 34.0 Å². The molecule has 0 aromatic carbocycles. The number of hydrogen-bond acceptors (Lipinski definition) is 3. The number of methoxy groups -OCH3 is 1. The highest BCUT2D eigenvalue weighted by molar-refractivity contribution is 5.77. The van der Waals surface area contributed by atoms with Crippen LogP contribution < -0.4 is 0 Å². The molecule has 7 atom stereocenters. The summed E-state index contributed by atoms with van der Waals surface area (Å²) in [5.41, 5.74) is 0.514. The van der Waals surface area contributed by atoms with E-state index in [-0.39, 0.29) is 22.4 Å². The van der Waals surface area contributed by atoms with Gasteiger partial charge in [0, 0.05) is 11.3 Å². The maximum Gasteiger partial charge on any atom is 0.311 e. The van der Waals surface area contributed by atoms with Crippen molar-refractivity contribution in [3.8, 4) is 0 Å². The normalized spacial score (nSPS) is 57.4. The number of epoxide rings is 1. The van der Waals surface area contributed by atoms with Gasteiger partial charge in [-0.2, -0.15) is 0 Å². The van der Waals surface area contributed by atoms with Gasteiger partial charge in [-0.05, 0) is 62.7 Å². The van der Waals surface area contributed by atoms with Crippen LogP contribution in [-0.4, -0.2) is 25.3 Å². The molecule has 1 saturated heterocycles. The zero-order valence-corrected chi connectivity index (χ0v) is 15.3. The average Bonchev–Trinajstić information content (AvgIpc) is 3.29. The summed E-state index contributed by atoms with van der Waals surface area (Å²) in [7, 11) is 1.56. The topological polar surface area (TPSA) is 38.8 Å². The first-order valence-electron chi connectivity index (χ1n) is 9.83. The average molecular weight is 330 g/mol. The first-order valence-corrected chi connectivity index (χ1v) is 9.83. The van der Waals surface area contributed by atoms with Crippen molar-refractivity contribution in [3.05, 3.63) is 12.2 Å². The lowest BCUT2D eigenvalue weighted by molar-refractivity contribution is -0.191. The molecule has 0 unspecified atom stereocenters. The Morgan fingerprint density at radius 3 is 2.50 bits per heavy atom. The third-order valence-electron chi connectivity index (χ3n) is 9.06. The van der Waals surface area contributed by atoms with E-state index in [0.29, 0.717) is 23.2 Å². The van der Waals surface area contributed by atoms with Gasteiger partial charge in [0.15, 0.2) is 0 Å². The van der Waals surface area contributed by atoms with Gasteiger partial charge in [0.05, 0.1) is 24.7 Å². The van der Waals surface area contributed by atoms with E-state index < -0.39 is 0 Å². The van der Waals surface area contributed by atoms with Crippen LogP contribution >= 0.6 is 0 Å². The smallest absolute Gasteiger partial charge is 0.311 e. The van der Waals surface area contributed by atoms with Crippen LogP contribution in [0.15, 0.2) is 12.2 Å². The largest absolute Gasteiger partial charge is 0.469 e. The van der Waals surface area contributed by atoms with Crippen LogP contribution in [0.25, 0.3) is 0 Å². The third kappa shape index (κ3) is 1.57. The Bertz CT molecular complexity index is 621. The molecule has 0 bridgehead atoms. The van der Waals surface area contributed by atoms with Crippen LogP contribution in [0.4, 0.5) is 0 Å². The Morgan fingerprint density at radius 1 is 1.12 bits per heavy atom. The minimum absolute atomic E-state index is 0.0212. The fourth-order valence-corrected chi connectivity index (χ4v) is 7.87. The summed E-state index contributed by atoms with van der Waals surface area (Å²) in [5, 5.41) is 0. The highest BCUT2D eigenvalue weighted by atomic mass is 16.6. The molecule has 4 fully saturated rings. The second kappa shape index (κ2) is 4.47. The van der Waals surface area contributed by atoms with Gasteiger partial charge < -0.3 is 9.47 Å². The van der Waals surface area contributed by atoms with Crippen molar-refractivity contribution in [1.82, 2.24) is 0 Å². The van der Waals surface area contributed by atoms with Crippen LogP contribution in [0.2, 0.25) is 0 Å². The molecule has 1 heterocycles. The lowest BCUT2D eigenvalue weighted by Crippen LogP contribution is -2.64. The van der Waals surface area contributed by atoms with Crippen LogP contribution in [0.3, 0.4) is 0 Å². The molecular formula is C21H30O3. The summed E-state index contributed by atoms with van der Waals surface area (Å²) >= 11 is 0. The van der Waals surface area contributed by atoms with Gasteiger partial charge in [-0.3, -0.25) is 4.79 Å². The summed E-state index contributed by atoms with van der Waals surface area (Å²) < 4.78 is 11.2. The second-order valence-corrected chi connectivity index (χ2v) is 9.75. The molecule has 132 valence electrons. The molecule has 5 aliphatic rings. The predicted octanol–water partition coefficient (Wildman–Crippen LogP) is 4.12. The minimum atomic E-state index is -0.294. The minimum Gasteiger partial charge on any atom is -0.469 e. The molecule has 0 aromatic rings. The Morgan fingerprint density at radius 2 is 1.88 bits per heavy atom. The Hall–Kier alpha value is -0.830. The summed E-state index contributed by atoms with van der Waals surface area (Å²) in [6.45, 7) is 5.65. The predicted molar refractivity (Wildman–Crippen MR) is 91.3 cm³/mol. The van der Waals surface area contributed by atoms with Gasteiger partial charge in [0.2, 0.25) is 0 Å². The highest BCUT2D eigenvalue weighted by Crippen LogP contribution is 2.74. The van der Waals surface area contributed by atoms with E-state index in [1.165, 1.54) is 25.7 Å². The van der Waals surface area contributed by atoms with E-state index in [2.05, 4.69) is 26.0 Å². The zero-order valence-electron chi connectivity index (χ0n) is 15.3. The van der Waals surface area contributed by atoms with Crippen molar-refractivity contribution in [2.75, 3.05) is 13.7 Å². The molecule has 5 rings (SSSR count). The first kappa shape index (κ1) is 15.4. The Balaban J connectivity index is 1.54. The lowest BCUT2D eigenvalue weighted by Gasteiger charge is -2.68. The first-order chi connectivity index (χ1) is 11.4. The van der Waals surface area contributed by atoms with Crippen LogP contribution in [0.5, 0.6) is 0 Å². The van der Waals surface area contributed by atoms with Gasteiger partial charge in [-0.15, -0.1) is 0 Å². The maximum absolute atomic E-state index is 12.7. The molecule has 0 aromatic heterocycles. The number of hydrogen-bond donors (Lipinski definition) is 0. The van der Waals surface area contributed by atoms with Crippen LogP contribution in [0, 0.1) is 34.0 Å². The monoisotopic (exact) mass is 330 g/mol. The molecule has 0 radical (unpaired) electrons. The molecule has 0 amide bonds. The van der Waals surface area contributed by atoms with E-state index in [9.17, 15) is 4.79 Å². The third-order valence-corrected chi connectivity index (χ3v) is 9.06. The molecule has 24 heavy (non-hydrogen) atoms. The molecule has 2 spiro atoms. The second-order valence-electron chi connectivity index (χ2n) is 9.75. The Labute approximate surface area is 145 Å². The quantitative estimate of drug-likeness (QED) is 0.412. The Kier molecular flexibility index (Phi) is 2.87. The van der Waals surface area contributed by atoms with E-state index in [0.717, 1.165) is 25.9 Å². The number of carbonyl (C=O) groups is 1. The van der Waals surface area contributed by atoms with Gasteiger partial charge in [-0.1, -0.05) is 25.5 Å². The van der Waals surface area contributed by atoms with Gasteiger partial charge in [0.1, 0.15) is 0 Å². The molecule has 3 saturated carbocycles. The van der Waals surface area contributed by atoms with E-state index in [4.69, 9.17) is 9.47 Å². The highest BCUT2D eigenvalue weighted by Gasteiger charge is 2.72. The zero-order chi connectivity index (χ0) is 16.8. The molecule has 0 N–H and O–H groups in total. The SMILES string of the molecule is COC(=O)[C@@]1(C)CCC[C@]2(C)[C@H]3CC[C@]4(CO4)[C@H]4C=C[C@]43CC[C@H]21. The van der Waals surface area contributed by atoms with Crippen molar-refractivity contribution < 1.29 is 14.3 Å². The number of ether oxygens (including phenoxy) is 2.